The highest BCUT2D eigenvalue weighted by Crippen LogP contribution is 2.34. The summed E-state index contributed by atoms with van der Waals surface area (Å²) in [5, 5.41) is 7.00. The van der Waals surface area contributed by atoms with E-state index >= 15 is 0 Å². The molecule has 0 radical (unpaired) electrons. The highest BCUT2D eigenvalue weighted by atomic mass is 19.4. The first-order valence-corrected chi connectivity index (χ1v) is 12.0. The molecule has 2 fully saturated rings. The maximum Gasteiger partial charge on any atom is 0.471 e. The van der Waals surface area contributed by atoms with E-state index in [9.17, 15) is 37.1 Å². The maximum absolute atomic E-state index is 13.5. The number of carbonyl (C=O) groups excluding carboxylic acids is 5. The van der Waals surface area contributed by atoms with Gasteiger partial charge in [-0.2, -0.15) is 13.2 Å². The van der Waals surface area contributed by atoms with Crippen LogP contribution in [0, 0.1) is 23.2 Å². The lowest BCUT2D eigenvalue weighted by atomic mass is 9.84. The van der Waals surface area contributed by atoms with E-state index in [-0.39, 0.29) is 30.7 Å². The van der Waals surface area contributed by atoms with E-state index in [1.165, 1.54) is 25.7 Å². The van der Waals surface area contributed by atoms with Crippen LogP contribution in [0.25, 0.3) is 0 Å². The predicted molar refractivity (Wildman–Crippen MR) is 123 cm³/mol. The highest BCUT2D eigenvalue weighted by molar-refractivity contribution is 5.95. The molecule has 2 aliphatic heterocycles. The molecule has 0 spiro atoms. The van der Waals surface area contributed by atoms with E-state index in [1.54, 1.807) is 5.32 Å². The third kappa shape index (κ3) is 6.88. The zero-order chi connectivity index (χ0) is 27.6. The number of nitrogens with zero attached hydrogens (tertiary/aromatic N) is 1. The molecule has 2 aliphatic rings. The quantitative estimate of drug-likeness (QED) is 0.367. The lowest BCUT2D eigenvalue weighted by Crippen LogP contribution is -2.61. The Kier molecular flexibility index (Phi) is 9.00. The molecule has 5 amide bonds. The number of rotatable bonds is 8. The summed E-state index contributed by atoms with van der Waals surface area (Å²) < 4.78 is 38.9. The van der Waals surface area contributed by atoms with Crippen molar-refractivity contribution in [1.29, 1.82) is 0 Å². The molecule has 36 heavy (non-hydrogen) atoms. The Hall–Kier alpha value is -2.86. The van der Waals surface area contributed by atoms with Crippen LogP contribution < -0.4 is 21.7 Å². The number of carbonyl (C=O) groups is 5. The molecule has 0 saturated carbocycles. The Morgan fingerprint density at radius 2 is 1.72 bits per heavy atom. The molecule has 0 aromatic rings. The van der Waals surface area contributed by atoms with Gasteiger partial charge in [-0.15, -0.1) is 0 Å². The molecule has 0 aliphatic carbocycles. The summed E-state index contributed by atoms with van der Waals surface area (Å²) >= 11 is 0. The van der Waals surface area contributed by atoms with Gasteiger partial charge in [0.25, 0.3) is 0 Å². The van der Waals surface area contributed by atoms with Crippen molar-refractivity contribution in [2.45, 2.75) is 78.2 Å². The fraction of sp³-hybridized carbons (Fsp3) is 0.783. The standard InChI is InChI=1S/C23H36F3N5O5/c1-11(2)13-7-9-31(20(35)16(22(3,4)5)30-21(36)23(24,25)26)15(13)19(34)29-14(17(27)32)10-12-6-8-28-18(12)33/h11-16H,6-10H2,1-5H3,(H2,27,32)(H,28,33)(H,29,34)(H,30,36)/t12-,13?,14-,15?,16+/m0/s1. The molecule has 13 heteroatoms. The Morgan fingerprint density at radius 1 is 1.11 bits per heavy atom. The third-order valence-corrected chi connectivity index (χ3v) is 6.84. The van der Waals surface area contributed by atoms with Gasteiger partial charge in [0.1, 0.15) is 18.1 Å². The maximum atomic E-state index is 13.5. The number of hydrogen-bond donors (Lipinski definition) is 4. The van der Waals surface area contributed by atoms with Gasteiger partial charge in [0.2, 0.25) is 23.6 Å². The first-order chi connectivity index (χ1) is 16.4. The molecule has 0 aromatic heterocycles. The van der Waals surface area contributed by atoms with Crippen molar-refractivity contribution in [1.82, 2.24) is 20.9 Å². The second kappa shape index (κ2) is 11.0. The number of halogens is 3. The average Bonchev–Trinajstić information content (AvgIpc) is 3.35. The summed E-state index contributed by atoms with van der Waals surface area (Å²) in [5.74, 6) is -5.79. The van der Waals surface area contributed by atoms with Crippen LogP contribution >= 0.6 is 0 Å². The highest BCUT2D eigenvalue weighted by Gasteiger charge is 2.49. The van der Waals surface area contributed by atoms with Crippen molar-refractivity contribution in [3.8, 4) is 0 Å². The Bertz CT molecular complexity index is 886. The van der Waals surface area contributed by atoms with Gasteiger partial charge in [-0.25, -0.2) is 0 Å². The SMILES string of the molecule is CC(C)C1CCN(C(=O)[C@@H](NC(=O)C(F)(F)F)C(C)(C)C)C1C(=O)N[C@@H](C[C@@H]1CCNC1=O)C(N)=O. The summed E-state index contributed by atoms with van der Waals surface area (Å²) in [6.45, 7) is 8.74. The average molecular weight is 520 g/mol. The lowest BCUT2D eigenvalue weighted by Gasteiger charge is -2.37. The minimum atomic E-state index is -5.19. The second-order valence-electron chi connectivity index (χ2n) is 10.9. The molecule has 0 bridgehead atoms. The molecular formula is C23H36F3N5O5. The summed E-state index contributed by atoms with van der Waals surface area (Å²) in [4.78, 5) is 63.8. The molecule has 2 rings (SSSR count). The van der Waals surface area contributed by atoms with Gasteiger partial charge < -0.3 is 26.6 Å². The second-order valence-corrected chi connectivity index (χ2v) is 10.9. The van der Waals surface area contributed by atoms with Gasteiger partial charge in [0, 0.05) is 19.0 Å². The summed E-state index contributed by atoms with van der Waals surface area (Å²) in [7, 11) is 0. The molecule has 2 saturated heterocycles. The monoisotopic (exact) mass is 519 g/mol. The van der Waals surface area contributed by atoms with Gasteiger partial charge in [-0.3, -0.25) is 24.0 Å². The van der Waals surface area contributed by atoms with Crippen LogP contribution in [0.5, 0.6) is 0 Å². The number of likely N-dealkylation sites (tertiary alicyclic amines) is 1. The molecule has 5 N–H and O–H groups in total. The number of nitrogens with two attached hydrogens (primary N) is 1. The van der Waals surface area contributed by atoms with Crippen LogP contribution in [0.2, 0.25) is 0 Å². The van der Waals surface area contributed by atoms with E-state index < -0.39 is 59.3 Å². The van der Waals surface area contributed by atoms with Crippen molar-refractivity contribution in [3.05, 3.63) is 0 Å². The van der Waals surface area contributed by atoms with E-state index in [0.717, 1.165) is 0 Å². The third-order valence-electron chi connectivity index (χ3n) is 6.84. The van der Waals surface area contributed by atoms with Crippen molar-refractivity contribution in [2.75, 3.05) is 13.1 Å². The molecule has 10 nitrogen and oxygen atoms in total. The number of alkyl halides is 3. The van der Waals surface area contributed by atoms with E-state index in [0.29, 0.717) is 19.4 Å². The fourth-order valence-corrected chi connectivity index (χ4v) is 4.78. The summed E-state index contributed by atoms with van der Waals surface area (Å²) in [6.07, 6.45) is -4.31. The van der Waals surface area contributed by atoms with Crippen LogP contribution in [0.4, 0.5) is 13.2 Å². The van der Waals surface area contributed by atoms with Crippen LogP contribution in [-0.4, -0.2) is 71.8 Å². The van der Waals surface area contributed by atoms with E-state index in [1.807, 2.05) is 13.8 Å². The zero-order valence-corrected chi connectivity index (χ0v) is 21.2. The largest absolute Gasteiger partial charge is 0.471 e. The first-order valence-electron chi connectivity index (χ1n) is 12.0. The topological polar surface area (TPSA) is 151 Å². The fourth-order valence-electron chi connectivity index (χ4n) is 4.78. The minimum Gasteiger partial charge on any atom is -0.368 e. The van der Waals surface area contributed by atoms with E-state index in [4.69, 9.17) is 5.73 Å². The number of primary amides is 1. The van der Waals surface area contributed by atoms with Gasteiger partial charge >= 0.3 is 12.1 Å². The van der Waals surface area contributed by atoms with Gasteiger partial charge in [0.05, 0.1) is 0 Å². The number of amides is 5. The molecule has 0 aromatic carbocycles. The van der Waals surface area contributed by atoms with Crippen LogP contribution in [0.1, 0.15) is 53.9 Å². The smallest absolute Gasteiger partial charge is 0.368 e. The molecule has 2 heterocycles. The Labute approximate surface area is 208 Å². The van der Waals surface area contributed by atoms with Crippen molar-refractivity contribution in [3.63, 3.8) is 0 Å². The predicted octanol–water partition coefficient (Wildman–Crippen LogP) is 0.449. The Morgan fingerprint density at radius 3 is 2.17 bits per heavy atom. The van der Waals surface area contributed by atoms with Crippen LogP contribution in [0.15, 0.2) is 0 Å². The first kappa shape index (κ1) is 29.4. The van der Waals surface area contributed by atoms with Gasteiger partial charge in [-0.05, 0) is 36.5 Å². The number of nitrogens with one attached hydrogen (secondary N) is 3. The van der Waals surface area contributed by atoms with Crippen LogP contribution in [0.3, 0.4) is 0 Å². The number of hydrogen-bond acceptors (Lipinski definition) is 5. The molecule has 2 unspecified atom stereocenters. The summed E-state index contributed by atoms with van der Waals surface area (Å²) in [6, 6.07) is -3.81. The lowest BCUT2D eigenvalue weighted by molar-refractivity contribution is -0.176. The Balaban J connectivity index is 2.31. The van der Waals surface area contributed by atoms with Crippen molar-refractivity contribution < 1.29 is 37.1 Å². The molecule has 204 valence electrons. The van der Waals surface area contributed by atoms with Crippen molar-refractivity contribution in [2.24, 2.45) is 28.9 Å². The van der Waals surface area contributed by atoms with Crippen LogP contribution in [-0.2, 0) is 24.0 Å². The van der Waals surface area contributed by atoms with Crippen molar-refractivity contribution >= 4 is 29.5 Å². The molecular weight excluding hydrogens is 483 g/mol. The summed E-state index contributed by atoms with van der Waals surface area (Å²) in [5.41, 5.74) is 4.38. The van der Waals surface area contributed by atoms with Gasteiger partial charge in [0.15, 0.2) is 0 Å². The van der Waals surface area contributed by atoms with E-state index in [2.05, 4.69) is 10.6 Å². The minimum absolute atomic E-state index is 0.00776. The molecule has 5 atom stereocenters. The zero-order valence-electron chi connectivity index (χ0n) is 21.2. The van der Waals surface area contributed by atoms with Gasteiger partial charge in [-0.1, -0.05) is 34.6 Å². The normalized spacial score (nSPS) is 24.3.